The third kappa shape index (κ3) is 6.52. The van der Waals surface area contributed by atoms with Gasteiger partial charge in [0.1, 0.15) is 11.4 Å². The van der Waals surface area contributed by atoms with Crippen molar-refractivity contribution in [2.45, 2.75) is 31.3 Å². The number of nitrogens with one attached hydrogen (secondary N) is 1. The quantitative estimate of drug-likeness (QED) is 0.374. The zero-order chi connectivity index (χ0) is 26.6. The molecule has 37 heavy (non-hydrogen) atoms. The summed E-state index contributed by atoms with van der Waals surface area (Å²) in [7, 11) is 0. The van der Waals surface area contributed by atoms with Crippen LogP contribution in [0, 0.1) is 0 Å². The fourth-order valence-corrected chi connectivity index (χ4v) is 4.58. The molecule has 0 unspecified atom stereocenters. The number of carbonyl (C=O) groups is 2. The van der Waals surface area contributed by atoms with Gasteiger partial charge in [-0.05, 0) is 50.1 Å². The van der Waals surface area contributed by atoms with Crippen LogP contribution in [0.25, 0.3) is 5.69 Å². The van der Waals surface area contributed by atoms with Crippen molar-refractivity contribution in [3.63, 3.8) is 0 Å². The van der Waals surface area contributed by atoms with Gasteiger partial charge in [-0.1, -0.05) is 12.1 Å². The number of likely N-dealkylation sites (tertiary alicyclic amines) is 1. The van der Waals surface area contributed by atoms with Crippen LogP contribution >= 0.6 is 0 Å². The highest BCUT2D eigenvalue weighted by molar-refractivity contribution is 5.89. The molecule has 2 aliphatic rings. The Hall–Kier alpha value is -3.32. The molecule has 2 fully saturated rings. The summed E-state index contributed by atoms with van der Waals surface area (Å²) in [5.74, 6) is -0.204. The standard InChI is InChI=1S/C25H36N8O4/c1-25(27,17-34)22(35)31-12-14-32(15-13-31)23(36)28-21-8-11-33(24(37)29-21)20-4-2-18(3-5-20)6-9-30-10-7-19(26)16-30/h2-5,8,11,19,34H,6-7,9-10,12-17,26-27H2,1H3,(H,28,29,36,37)/t19-,25-/m0/s1. The van der Waals surface area contributed by atoms with Crippen molar-refractivity contribution < 1.29 is 14.7 Å². The van der Waals surface area contributed by atoms with Crippen molar-refractivity contribution in [3.8, 4) is 5.69 Å². The van der Waals surface area contributed by atoms with E-state index in [-0.39, 0.29) is 17.8 Å². The molecule has 1 aromatic heterocycles. The predicted octanol–water partition coefficient (Wildman–Crippen LogP) is -0.806. The average Bonchev–Trinajstić information content (AvgIpc) is 3.32. The lowest BCUT2D eigenvalue weighted by atomic mass is 10.0. The molecular formula is C25H36N8O4. The average molecular weight is 513 g/mol. The van der Waals surface area contributed by atoms with Crippen molar-refractivity contribution in [1.82, 2.24) is 24.3 Å². The molecule has 12 nitrogen and oxygen atoms in total. The molecule has 2 aliphatic heterocycles. The number of urea groups is 1. The number of rotatable bonds is 7. The first-order chi connectivity index (χ1) is 17.7. The third-order valence-electron chi connectivity index (χ3n) is 6.95. The Labute approximate surface area is 215 Å². The Balaban J connectivity index is 1.30. The maximum atomic E-state index is 12.7. The number of hydrogen-bond acceptors (Lipinski definition) is 8. The SMILES string of the molecule is C[C@](N)(CO)C(=O)N1CCN(C(=O)Nc2ccn(-c3ccc(CCN4CC[C@H](N)C4)cc3)c(=O)n2)CC1. The summed E-state index contributed by atoms with van der Waals surface area (Å²) in [6.45, 7) is 5.16. The molecular weight excluding hydrogens is 476 g/mol. The smallest absolute Gasteiger partial charge is 0.354 e. The van der Waals surface area contributed by atoms with Gasteiger partial charge in [-0.25, -0.2) is 9.59 Å². The molecule has 2 saturated heterocycles. The molecule has 0 aliphatic carbocycles. The second-order valence-corrected chi connectivity index (χ2v) is 10.0. The van der Waals surface area contributed by atoms with Gasteiger partial charge in [-0.3, -0.25) is 14.7 Å². The van der Waals surface area contributed by atoms with Gasteiger partial charge in [0.05, 0.1) is 12.3 Å². The first-order valence-electron chi connectivity index (χ1n) is 12.6. The minimum Gasteiger partial charge on any atom is -0.394 e. The second-order valence-electron chi connectivity index (χ2n) is 10.0. The van der Waals surface area contributed by atoms with Crippen molar-refractivity contribution in [2.24, 2.45) is 11.5 Å². The van der Waals surface area contributed by atoms with E-state index in [9.17, 15) is 19.5 Å². The van der Waals surface area contributed by atoms with Crippen LogP contribution in [-0.2, 0) is 11.2 Å². The van der Waals surface area contributed by atoms with Crippen molar-refractivity contribution in [2.75, 3.05) is 57.7 Å². The number of piperazine rings is 1. The van der Waals surface area contributed by atoms with Crippen molar-refractivity contribution >= 4 is 17.8 Å². The van der Waals surface area contributed by atoms with Gasteiger partial charge < -0.3 is 31.3 Å². The maximum absolute atomic E-state index is 12.7. The van der Waals surface area contributed by atoms with E-state index < -0.39 is 23.9 Å². The van der Waals surface area contributed by atoms with Gasteiger partial charge in [0.15, 0.2) is 0 Å². The molecule has 0 saturated carbocycles. The highest BCUT2D eigenvalue weighted by Gasteiger charge is 2.34. The fourth-order valence-electron chi connectivity index (χ4n) is 4.58. The molecule has 0 bridgehead atoms. The van der Waals surface area contributed by atoms with Gasteiger partial charge in [-0.15, -0.1) is 0 Å². The van der Waals surface area contributed by atoms with Gasteiger partial charge >= 0.3 is 11.7 Å². The normalized spacial score (nSPS) is 20.1. The summed E-state index contributed by atoms with van der Waals surface area (Å²) >= 11 is 0. The zero-order valence-corrected chi connectivity index (χ0v) is 21.2. The lowest BCUT2D eigenvalue weighted by Crippen LogP contribution is -2.60. The summed E-state index contributed by atoms with van der Waals surface area (Å²) < 4.78 is 1.42. The van der Waals surface area contributed by atoms with Crippen LogP contribution in [0.2, 0.25) is 0 Å². The minimum absolute atomic E-state index is 0.153. The molecule has 3 amide bonds. The number of aromatic nitrogens is 2. The first kappa shape index (κ1) is 26.7. The van der Waals surface area contributed by atoms with Crippen LogP contribution < -0.4 is 22.5 Å². The number of anilines is 1. The summed E-state index contributed by atoms with van der Waals surface area (Å²) in [6, 6.07) is 9.22. The number of hydrogen-bond donors (Lipinski definition) is 4. The van der Waals surface area contributed by atoms with Gasteiger partial charge in [0.25, 0.3) is 0 Å². The van der Waals surface area contributed by atoms with Crippen LogP contribution in [-0.4, -0.2) is 105 Å². The van der Waals surface area contributed by atoms with Crippen molar-refractivity contribution in [1.29, 1.82) is 0 Å². The monoisotopic (exact) mass is 512 g/mol. The highest BCUT2D eigenvalue weighted by atomic mass is 16.3. The molecule has 3 heterocycles. The van der Waals surface area contributed by atoms with Crippen LogP contribution in [0.1, 0.15) is 18.9 Å². The highest BCUT2D eigenvalue weighted by Crippen LogP contribution is 2.13. The molecule has 0 radical (unpaired) electrons. The number of aliphatic hydroxyl groups excluding tert-OH is 1. The largest absolute Gasteiger partial charge is 0.394 e. The predicted molar refractivity (Wildman–Crippen MR) is 139 cm³/mol. The van der Waals surface area contributed by atoms with E-state index in [0.29, 0.717) is 31.9 Å². The summed E-state index contributed by atoms with van der Waals surface area (Å²) in [4.78, 5) is 47.2. The second kappa shape index (κ2) is 11.4. The number of aliphatic hydroxyl groups is 1. The fraction of sp³-hybridized carbons (Fsp3) is 0.520. The Morgan fingerprint density at radius 3 is 2.38 bits per heavy atom. The summed E-state index contributed by atoms with van der Waals surface area (Å²) in [5.41, 5.74) is 11.8. The van der Waals surface area contributed by atoms with Gasteiger partial charge in [0.2, 0.25) is 5.91 Å². The third-order valence-corrected chi connectivity index (χ3v) is 6.95. The zero-order valence-electron chi connectivity index (χ0n) is 21.2. The lowest BCUT2D eigenvalue weighted by molar-refractivity contribution is -0.139. The number of benzene rings is 1. The topological polar surface area (TPSA) is 163 Å². The van der Waals surface area contributed by atoms with E-state index >= 15 is 0 Å². The summed E-state index contributed by atoms with van der Waals surface area (Å²) in [5, 5.41) is 12.0. The van der Waals surface area contributed by atoms with E-state index in [0.717, 1.165) is 32.5 Å². The Kier molecular flexibility index (Phi) is 8.22. The first-order valence-corrected chi connectivity index (χ1v) is 12.6. The van der Waals surface area contributed by atoms with Crippen LogP contribution in [0.15, 0.2) is 41.3 Å². The van der Waals surface area contributed by atoms with Gasteiger partial charge in [0, 0.05) is 51.5 Å². The molecule has 1 aromatic carbocycles. The number of nitrogens with zero attached hydrogens (tertiary/aromatic N) is 5. The molecule has 6 N–H and O–H groups in total. The number of nitrogens with two attached hydrogens (primary N) is 2. The molecule has 12 heteroatoms. The Morgan fingerprint density at radius 1 is 1.11 bits per heavy atom. The molecule has 2 atom stereocenters. The Morgan fingerprint density at radius 2 is 1.78 bits per heavy atom. The molecule has 4 rings (SSSR count). The summed E-state index contributed by atoms with van der Waals surface area (Å²) in [6.07, 6.45) is 3.54. The van der Waals surface area contributed by atoms with Gasteiger partial charge in [-0.2, -0.15) is 4.98 Å². The van der Waals surface area contributed by atoms with Crippen LogP contribution in [0.5, 0.6) is 0 Å². The number of amides is 3. The Bertz CT molecular complexity index is 1160. The van der Waals surface area contributed by atoms with Crippen LogP contribution in [0.4, 0.5) is 10.6 Å². The van der Waals surface area contributed by atoms with E-state index in [1.807, 2.05) is 24.3 Å². The lowest BCUT2D eigenvalue weighted by Gasteiger charge is -2.37. The molecule has 0 spiro atoms. The van der Waals surface area contributed by atoms with E-state index in [4.69, 9.17) is 11.5 Å². The minimum atomic E-state index is -1.35. The van der Waals surface area contributed by atoms with E-state index in [1.165, 1.54) is 22.0 Å². The van der Waals surface area contributed by atoms with E-state index in [2.05, 4.69) is 15.2 Å². The van der Waals surface area contributed by atoms with Crippen LogP contribution in [0.3, 0.4) is 0 Å². The molecule has 200 valence electrons. The van der Waals surface area contributed by atoms with Crippen molar-refractivity contribution in [3.05, 3.63) is 52.6 Å². The van der Waals surface area contributed by atoms with E-state index in [1.54, 1.807) is 17.2 Å². The number of carbonyl (C=O) groups excluding carboxylic acids is 2. The maximum Gasteiger partial charge on any atom is 0.354 e. The molecule has 2 aromatic rings.